The summed E-state index contributed by atoms with van der Waals surface area (Å²) < 4.78 is 3.89. The normalized spacial score (nSPS) is 25.6. The molecule has 0 aliphatic heterocycles. The fourth-order valence-corrected chi connectivity index (χ4v) is 5.88. The summed E-state index contributed by atoms with van der Waals surface area (Å²) in [6.45, 7) is 1.80. The zero-order valence-electron chi connectivity index (χ0n) is 20.2. The maximum Gasteiger partial charge on any atom is 0.231 e. The predicted molar refractivity (Wildman–Crippen MR) is 135 cm³/mol. The number of aliphatic hydroxyl groups is 1. The highest BCUT2D eigenvalue weighted by molar-refractivity contribution is 5.92. The van der Waals surface area contributed by atoms with Crippen LogP contribution in [0.2, 0.25) is 0 Å². The van der Waals surface area contributed by atoms with Gasteiger partial charge in [-0.2, -0.15) is 10.2 Å². The van der Waals surface area contributed by atoms with E-state index >= 15 is 0 Å². The molecule has 7 rings (SSSR count). The molecule has 4 aromatic rings. The van der Waals surface area contributed by atoms with Crippen LogP contribution < -0.4 is 11.1 Å². The Bertz CT molecular complexity index is 1500. The van der Waals surface area contributed by atoms with E-state index in [-0.39, 0.29) is 11.9 Å². The van der Waals surface area contributed by atoms with E-state index in [1.54, 1.807) is 6.92 Å². The molecule has 9 nitrogen and oxygen atoms in total. The lowest BCUT2D eigenvalue weighted by atomic mass is 9.56. The van der Waals surface area contributed by atoms with Crippen LogP contribution in [0.4, 0.5) is 5.82 Å². The predicted octanol–water partition coefficient (Wildman–Crippen LogP) is 3.24. The van der Waals surface area contributed by atoms with Gasteiger partial charge in [-0.05, 0) is 69.2 Å². The summed E-state index contributed by atoms with van der Waals surface area (Å²) in [4.78, 5) is 17.6. The number of amides is 1. The van der Waals surface area contributed by atoms with Crippen LogP contribution in [0.1, 0.15) is 57.1 Å². The van der Waals surface area contributed by atoms with Gasteiger partial charge in [0.2, 0.25) is 5.91 Å². The quantitative estimate of drug-likeness (QED) is 0.387. The molecule has 0 saturated heterocycles. The van der Waals surface area contributed by atoms with Gasteiger partial charge in [0.05, 0.1) is 28.4 Å². The van der Waals surface area contributed by atoms with Gasteiger partial charge in [0.15, 0.2) is 5.82 Å². The molecule has 1 amide bonds. The summed E-state index contributed by atoms with van der Waals surface area (Å²) in [6, 6.07) is 12.8. The molecule has 3 aliphatic rings. The number of carbonyl (C=O) groups excluding carboxylic acids is 1. The third-order valence-electron chi connectivity index (χ3n) is 7.85. The second-order valence-corrected chi connectivity index (χ2v) is 11.0. The van der Waals surface area contributed by atoms with Gasteiger partial charge < -0.3 is 16.2 Å². The first kappa shape index (κ1) is 21.6. The summed E-state index contributed by atoms with van der Waals surface area (Å²) >= 11 is 0. The third kappa shape index (κ3) is 3.33. The summed E-state index contributed by atoms with van der Waals surface area (Å²) in [5, 5.41) is 22.9. The molecule has 3 saturated carbocycles. The van der Waals surface area contributed by atoms with Crippen LogP contribution >= 0.6 is 0 Å². The average molecular weight is 484 g/mol. The lowest BCUT2D eigenvalue weighted by Crippen LogP contribution is -2.60. The Kier molecular flexibility index (Phi) is 4.43. The molecule has 3 heterocycles. The lowest BCUT2D eigenvalue weighted by Gasteiger charge is -2.51. The Hall–Kier alpha value is -3.72. The molecule has 3 fully saturated rings. The van der Waals surface area contributed by atoms with Crippen molar-refractivity contribution in [2.24, 2.45) is 0 Å². The van der Waals surface area contributed by atoms with Crippen LogP contribution in [-0.4, -0.2) is 47.0 Å². The maximum absolute atomic E-state index is 13.4. The second-order valence-electron chi connectivity index (χ2n) is 11.0. The summed E-state index contributed by atoms with van der Waals surface area (Å²) in [5.74, 6) is 0.413. The van der Waals surface area contributed by atoms with Crippen LogP contribution in [0.5, 0.6) is 0 Å². The third-order valence-corrected chi connectivity index (χ3v) is 7.85. The molecule has 0 atom stereocenters. The number of nitrogen functional groups attached to an aromatic ring is 1. The minimum Gasteiger partial charge on any atom is -0.390 e. The summed E-state index contributed by atoms with van der Waals surface area (Å²) in [6.07, 6.45) is 8.38. The van der Waals surface area contributed by atoms with Crippen LogP contribution in [0, 0.1) is 0 Å². The average Bonchev–Trinajstić information content (AvgIpc) is 3.76. The smallest absolute Gasteiger partial charge is 0.231 e. The fourth-order valence-electron chi connectivity index (χ4n) is 5.88. The van der Waals surface area contributed by atoms with Crippen molar-refractivity contribution < 1.29 is 9.90 Å². The van der Waals surface area contributed by atoms with Crippen LogP contribution in [0.15, 0.2) is 48.9 Å². The zero-order chi connectivity index (χ0) is 24.7. The molecule has 3 aliphatic carbocycles. The number of hydrogen-bond acceptors (Lipinski definition) is 6. The standard InChI is InChI=1S/C27H29N7O2/c1-26(36)13-27(14-26,25(35)32-18-5-6-18)17-4-2-3-16(11-17)22-12-20(23-24(28)29-15-31-34(22)23)21-9-10-30-33(21)19-7-8-19/h2-4,9-12,15,18-19,36H,5-8,13-14H2,1H3,(H,32,35)(H2,28,29,31)/t26-,27+. The molecule has 36 heavy (non-hydrogen) atoms. The van der Waals surface area contributed by atoms with E-state index in [1.165, 1.54) is 6.33 Å². The highest BCUT2D eigenvalue weighted by Gasteiger charge is 2.57. The minimum atomic E-state index is -0.852. The van der Waals surface area contributed by atoms with E-state index < -0.39 is 11.0 Å². The Morgan fingerprint density at radius 2 is 1.92 bits per heavy atom. The molecule has 184 valence electrons. The first-order chi connectivity index (χ1) is 17.3. The van der Waals surface area contributed by atoms with Gasteiger partial charge in [0.25, 0.3) is 0 Å². The van der Waals surface area contributed by atoms with Crippen LogP contribution in [-0.2, 0) is 10.2 Å². The highest BCUT2D eigenvalue weighted by Crippen LogP contribution is 2.51. The number of rotatable bonds is 6. The number of fused-ring (bicyclic) bond motifs is 1. The highest BCUT2D eigenvalue weighted by atomic mass is 16.3. The van der Waals surface area contributed by atoms with Crippen LogP contribution in [0.3, 0.4) is 0 Å². The molecule has 3 aromatic heterocycles. The molecule has 1 aromatic carbocycles. The van der Waals surface area contributed by atoms with E-state index in [2.05, 4.69) is 37.3 Å². The molecule has 0 unspecified atom stereocenters. The zero-order valence-corrected chi connectivity index (χ0v) is 20.2. The fraction of sp³-hybridized carbons (Fsp3) is 0.407. The molecule has 9 heteroatoms. The number of benzene rings is 1. The van der Waals surface area contributed by atoms with E-state index in [0.29, 0.717) is 24.7 Å². The van der Waals surface area contributed by atoms with E-state index in [0.717, 1.165) is 59.3 Å². The van der Waals surface area contributed by atoms with Gasteiger partial charge in [0.1, 0.15) is 11.8 Å². The topological polar surface area (TPSA) is 123 Å². The Labute approximate surface area is 208 Å². The molecular weight excluding hydrogens is 454 g/mol. The SMILES string of the molecule is C[C@]1(O)C[C@](C(=O)NC2CC2)(c2cccc(-c3cc(-c4ccnn4C4CC4)c4c(N)ncnn34)c2)C1. The lowest BCUT2D eigenvalue weighted by molar-refractivity contribution is -0.145. The molecule has 0 radical (unpaired) electrons. The van der Waals surface area contributed by atoms with Gasteiger partial charge in [-0.1, -0.05) is 18.2 Å². The molecular formula is C27H29N7O2. The van der Waals surface area contributed by atoms with Crippen molar-refractivity contribution in [1.29, 1.82) is 0 Å². The number of nitrogens with two attached hydrogens (primary N) is 1. The van der Waals surface area contributed by atoms with Crippen molar-refractivity contribution in [3.05, 3.63) is 54.5 Å². The maximum atomic E-state index is 13.4. The number of hydrogen-bond donors (Lipinski definition) is 3. The van der Waals surface area contributed by atoms with Gasteiger partial charge in [-0.15, -0.1) is 0 Å². The number of carbonyl (C=O) groups is 1. The number of nitrogens with one attached hydrogen (secondary N) is 1. The Balaban J connectivity index is 1.35. The number of nitrogens with zero attached hydrogens (tertiary/aromatic N) is 5. The van der Waals surface area contributed by atoms with Crippen molar-refractivity contribution in [2.75, 3.05) is 5.73 Å². The van der Waals surface area contributed by atoms with E-state index in [1.807, 2.05) is 35.0 Å². The molecule has 4 N–H and O–H groups in total. The van der Waals surface area contributed by atoms with Crippen molar-refractivity contribution in [2.45, 2.75) is 68.5 Å². The van der Waals surface area contributed by atoms with Gasteiger partial charge in [-0.25, -0.2) is 9.50 Å². The monoisotopic (exact) mass is 483 g/mol. The first-order valence-corrected chi connectivity index (χ1v) is 12.7. The minimum absolute atomic E-state index is 0.00860. The first-order valence-electron chi connectivity index (χ1n) is 12.7. The van der Waals surface area contributed by atoms with Crippen LogP contribution in [0.25, 0.3) is 28.0 Å². The molecule has 0 spiro atoms. The van der Waals surface area contributed by atoms with E-state index in [4.69, 9.17) is 5.73 Å². The largest absolute Gasteiger partial charge is 0.390 e. The van der Waals surface area contributed by atoms with Crippen molar-refractivity contribution in [1.82, 2.24) is 29.7 Å². The van der Waals surface area contributed by atoms with Crippen molar-refractivity contribution in [3.8, 4) is 22.5 Å². The molecule has 0 bridgehead atoms. The summed E-state index contributed by atoms with van der Waals surface area (Å²) in [7, 11) is 0. The Morgan fingerprint density at radius 1 is 1.11 bits per heavy atom. The second kappa shape index (κ2) is 7.39. The van der Waals surface area contributed by atoms with Gasteiger partial charge in [0, 0.05) is 23.4 Å². The van der Waals surface area contributed by atoms with Crippen molar-refractivity contribution >= 4 is 17.2 Å². The Morgan fingerprint density at radius 3 is 2.64 bits per heavy atom. The van der Waals surface area contributed by atoms with Crippen molar-refractivity contribution in [3.63, 3.8) is 0 Å². The van der Waals surface area contributed by atoms with Gasteiger partial charge in [-0.3, -0.25) is 9.48 Å². The number of anilines is 1. The van der Waals surface area contributed by atoms with E-state index in [9.17, 15) is 9.90 Å². The number of aromatic nitrogens is 5. The van der Waals surface area contributed by atoms with Gasteiger partial charge >= 0.3 is 0 Å². The summed E-state index contributed by atoms with van der Waals surface area (Å²) in [5.41, 5.74) is 10.1.